The maximum atomic E-state index is 5.91. The maximum Gasteiger partial charge on any atom is 0.191 e. The Hall–Kier alpha value is -2.88. The second kappa shape index (κ2) is 10.4. The summed E-state index contributed by atoms with van der Waals surface area (Å²) in [5, 5.41) is 16.2. The van der Waals surface area contributed by atoms with Crippen LogP contribution >= 0.6 is 23.1 Å². The van der Waals surface area contributed by atoms with E-state index in [0.29, 0.717) is 0 Å². The summed E-state index contributed by atoms with van der Waals surface area (Å²) in [6, 6.07) is 18.0. The van der Waals surface area contributed by atoms with E-state index in [0.717, 1.165) is 70.6 Å². The molecule has 9 heteroatoms. The van der Waals surface area contributed by atoms with Crippen LogP contribution in [0.2, 0.25) is 0 Å². The minimum Gasteiger partial charge on any atom is -0.497 e. The van der Waals surface area contributed by atoms with Crippen molar-refractivity contribution in [3.05, 3.63) is 65.7 Å². The molecular formula is C24H25N5O2S2. The summed E-state index contributed by atoms with van der Waals surface area (Å²) < 4.78 is 13.4. The molecule has 1 saturated heterocycles. The third kappa shape index (κ3) is 5.38. The summed E-state index contributed by atoms with van der Waals surface area (Å²) in [6.07, 6.45) is 2.35. The van der Waals surface area contributed by atoms with E-state index < -0.39 is 0 Å². The van der Waals surface area contributed by atoms with Crippen molar-refractivity contribution < 1.29 is 9.47 Å². The van der Waals surface area contributed by atoms with Gasteiger partial charge in [0.15, 0.2) is 16.1 Å². The molecule has 1 atom stereocenters. The van der Waals surface area contributed by atoms with Crippen LogP contribution in [-0.2, 0) is 17.0 Å². The molecule has 0 spiro atoms. The molecule has 33 heavy (non-hydrogen) atoms. The SMILES string of the molecule is COc1ccc(-c2nnc(SCc3csc(Nc4ccccc4)n3)n2C[C@H]2CCCO2)cc1. The molecule has 2 aromatic heterocycles. The fraction of sp³-hybridized carbons (Fsp3) is 0.292. The first-order valence-electron chi connectivity index (χ1n) is 10.9. The van der Waals surface area contributed by atoms with Gasteiger partial charge < -0.3 is 14.8 Å². The molecule has 2 aromatic carbocycles. The first kappa shape index (κ1) is 21.9. The quantitative estimate of drug-likeness (QED) is 0.312. The molecule has 0 radical (unpaired) electrons. The molecule has 1 aliphatic rings. The lowest BCUT2D eigenvalue weighted by atomic mass is 10.2. The van der Waals surface area contributed by atoms with Crippen LogP contribution in [0.1, 0.15) is 18.5 Å². The summed E-state index contributed by atoms with van der Waals surface area (Å²) in [7, 11) is 1.67. The zero-order valence-electron chi connectivity index (χ0n) is 18.3. The number of anilines is 2. The predicted octanol–water partition coefficient (Wildman–Crippen LogP) is 5.63. The summed E-state index contributed by atoms with van der Waals surface area (Å²) in [5.74, 6) is 2.39. The first-order valence-corrected chi connectivity index (χ1v) is 12.7. The van der Waals surface area contributed by atoms with Crippen molar-refractivity contribution in [3.63, 3.8) is 0 Å². The number of thioether (sulfide) groups is 1. The number of hydrogen-bond acceptors (Lipinski definition) is 8. The Kier molecular flexibility index (Phi) is 6.89. The van der Waals surface area contributed by atoms with E-state index in [4.69, 9.17) is 14.5 Å². The molecule has 0 unspecified atom stereocenters. The summed E-state index contributed by atoms with van der Waals surface area (Å²) in [6.45, 7) is 1.57. The van der Waals surface area contributed by atoms with Crippen LogP contribution in [0.4, 0.5) is 10.8 Å². The highest BCUT2D eigenvalue weighted by Gasteiger charge is 2.22. The number of benzene rings is 2. The lowest BCUT2D eigenvalue weighted by Gasteiger charge is -2.14. The van der Waals surface area contributed by atoms with Gasteiger partial charge in [0, 0.05) is 29.0 Å². The molecular weight excluding hydrogens is 454 g/mol. The van der Waals surface area contributed by atoms with Gasteiger partial charge in [0.25, 0.3) is 0 Å². The minimum absolute atomic E-state index is 0.193. The van der Waals surface area contributed by atoms with Crippen LogP contribution < -0.4 is 10.1 Å². The van der Waals surface area contributed by atoms with E-state index in [2.05, 4.69) is 25.5 Å². The van der Waals surface area contributed by atoms with Crippen LogP contribution in [0, 0.1) is 0 Å². The van der Waals surface area contributed by atoms with Gasteiger partial charge in [-0.1, -0.05) is 30.0 Å². The molecule has 1 N–H and O–H groups in total. The van der Waals surface area contributed by atoms with Crippen molar-refractivity contribution in [2.45, 2.75) is 36.4 Å². The molecule has 1 aliphatic heterocycles. The number of ether oxygens (including phenoxy) is 2. The first-order chi connectivity index (χ1) is 16.3. The van der Waals surface area contributed by atoms with Gasteiger partial charge in [-0.05, 0) is 49.2 Å². The van der Waals surface area contributed by atoms with E-state index in [1.165, 1.54) is 0 Å². The molecule has 0 aliphatic carbocycles. The van der Waals surface area contributed by atoms with Crippen molar-refractivity contribution in [3.8, 4) is 17.1 Å². The van der Waals surface area contributed by atoms with Gasteiger partial charge in [0.2, 0.25) is 0 Å². The Morgan fingerprint density at radius 2 is 2.00 bits per heavy atom. The fourth-order valence-corrected chi connectivity index (χ4v) is 5.40. The van der Waals surface area contributed by atoms with Crippen molar-refractivity contribution in [2.75, 3.05) is 19.0 Å². The van der Waals surface area contributed by atoms with Crippen LogP contribution in [0.5, 0.6) is 5.75 Å². The number of aromatic nitrogens is 4. The van der Waals surface area contributed by atoms with E-state index in [-0.39, 0.29) is 6.10 Å². The Bertz CT molecular complexity index is 1170. The van der Waals surface area contributed by atoms with E-state index in [1.807, 2.05) is 54.6 Å². The molecule has 0 amide bonds. The molecule has 7 nitrogen and oxygen atoms in total. The molecule has 3 heterocycles. The zero-order chi connectivity index (χ0) is 22.5. The maximum absolute atomic E-state index is 5.91. The van der Waals surface area contributed by atoms with Gasteiger partial charge in [-0.2, -0.15) is 0 Å². The van der Waals surface area contributed by atoms with Gasteiger partial charge in [0.05, 0.1) is 25.5 Å². The second-order valence-corrected chi connectivity index (χ2v) is 9.50. The normalized spacial score (nSPS) is 15.6. The third-order valence-electron chi connectivity index (χ3n) is 5.40. The largest absolute Gasteiger partial charge is 0.497 e. The smallest absolute Gasteiger partial charge is 0.191 e. The van der Waals surface area contributed by atoms with Crippen LogP contribution in [0.3, 0.4) is 0 Å². The monoisotopic (exact) mass is 479 g/mol. The predicted molar refractivity (Wildman–Crippen MR) is 132 cm³/mol. The van der Waals surface area contributed by atoms with Crippen LogP contribution in [0.15, 0.2) is 65.1 Å². The lowest BCUT2D eigenvalue weighted by molar-refractivity contribution is 0.0953. The van der Waals surface area contributed by atoms with Crippen molar-refractivity contribution >= 4 is 33.9 Å². The van der Waals surface area contributed by atoms with Crippen molar-refractivity contribution in [2.24, 2.45) is 0 Å². The van der Waals surface area contributed by atoms with E-state index in [1.54, 1.807) is 30.2 Å². The minimum atomic E-state index is 0.193. The molecule has 170 valence electrons. The standard InChI is InChI=1S/C24H25N5O2S2/c1-30-20-11-9-17(10-12-20)22-27-28-24(29(22)14-21-8-5-13-31-21)33-16-19-15-32-23(26-19)25-18-6-3-2-4-7-18/h2-4,6-7,9-12,15,21H,5,8,13-14,16H2,1H3,(H,25,26)/t21-/m1/s1. The number of rotatable bonds is 9. The zero-order valence-corrected chi connectivity index (χ0v) is 19.9. The lowest BCUT2D eigenvalue weighted by Crippen LogP contribution is -2.16. The highest BCUT2D eigenvalue weighted by atomic mass is 32.2. The van der Waals surface area contributed by atoms with E-state index in [9.17, 15) is 0 Å². The summed E-state index contributed by atoms with van der Waals surface area (Å²) >= 11 is 3.26. The topological polar surface area (TPSA) is 74.1 Å². The van der Waals surface area contributed by atoms with Crippen molar-refractivity contribution in [1.82, 2.24) is 19.7 Å². The van der Waals surface area contributed by atoms with Gasteiger partial charge >= 0.3 is 0 Å². The highest BCUT2D eigenvalue weighted by molar-refractivity contribution is 7.98. The van der Waals surface area contributed by atoms with Crippen LogP contribution in [-0.4, -0.2) is 39.6 Å². The van der Waals surface area contributed by atoms with Gasteiger partial charge in [-0.15, -0.1) is 21.5 Å². The Morgan fingerprint density at radius 3 is 2.76 bits per heavy atom. The molecule has 4 aromatic rings. The number of nitrogens with zero attached hydrogens (tertiary/aromatic N) is 4. The Morgan fingerprint density at radius 1 is 1.15 bits per heavy atom. The highest BCUT2D eigenvalue weighted by Crippen LogP contribution is 2.30. The summed E-state index contributed by atoms with van der Waals surface area (Å²) in [5.41, 5.74) is 3.06. The van der Waals surface area contributed by atoms with E-state index >= 15 is 0 Å². The summed E-state index contributed by atoms with van der Waals surface area (Å²) in [4.78, 5) is 4.73. The number of nitrogens with one attached hydrogen (secondary N) is 1. The number of para-hydroxylation sites is 1. The third-order valence-corrected chi connectivity index (χ3v) is 7.21. The van der Waals surface area contributed by atoms with Crippen molar-refractivity contribution in [1.29, 1.82) is 0 Å². The number of hydrogen-bond donors (Lipinski definition) is 1. The molecule has 1 fully saturated rings. The number of methoxy groups -OCH3 is 1. The van der Waals surface area contributed by atoms with Gasteiger partial charge in [-0.3, -0.25) is 4.57 Å². The molecule has 0 bridgehead atoms. The molecule has 0 saturated carbocycles. The average molecular weight is 480 g/mol. The Labute approximate surface area is 201 Å². The average Bonchev–Trinajstić information content (AvgIpc) is 3.61. The van der Waals surface area contributed by atoms with Crippen LogP contribution in [0.25, 0.3) is 11.4 Å². The second-order valence-electron chi connectivity index (χ2n) is 7.70. The Balaban J connectivity index is 1.32. The van der Waals surface area contributed by atoms with Gasteiger partial charge in [-0.25, -0.2) is 4.98 Å². The fourth-order valence-electron chi connectivity index (χ4n) is 3.72. The molecule has 5 rings (SSSR count). The van der Waals surface area contributed by atoms with Gasteiger partial charge in [0.1, 0.15) is 5.75 Å². The number of thiazole rings is 1.